The zero-order chi connectivity index (χ0) is 11.8. The van der Waals surface area contributed by atoms with Gasteiger partial charge in [0.2, 0.25) is 0 Å². The molecule has 1 rings (SSSR count). The molecule has 96 valence electrons. The average Bonchev–Trinajstić information content (AvgIpc) is 2.81. The minimum Gasteiger partial charge on any atom is -0.383 e. The van der Waals surface area contributed by atoms with Crippen LogP contribution in [0.25, 0.3) is 0 Å². The summed E-state index contributed by atoms with van der Waals surface area (Å²) in [6.45, 7) is 5.18. The summed E-state index contributed by atoms with van der Waals surface area (Å²) in [5.74, 6) is 2.60. The Morgan fingerprint density at radius 1 is 1.56 bits per heavy atom. The molecule has 3 nitrogen and oxygen atoms in total. The molecule has 0 spiro atoms. The van der Waals surface area contributed by atoms with Crippen LogP contribution in [0.5, 0.6) is 0 Å². The van der Waals surface area contributed by atoms with Crippen molar-refractivity contribution in [3.63, 3.8) is 0 Å². The highest BCUT2D eigenvalue weighted by Gasteiger charge is 2.25. The third kappa shape index (κ3) is 4.62. The molecule has 1 heterocycles. The summed E-state index contributed by atoms with van der Waals surface area (Å²) in [5.41, 5.74) is 0. The molecule has 2 atom stereocenters. The van der Waals surface area contributed by atoms with Gasteiger partial charge in [-0.05, 0) is 32.2 Å². The van der Waals surface area contributed by atoms with Crippen LogP contribution >= 0.6 is 11.8 Å². The van der Waals surface area contributed by atoms with Gasteiger partial charge in [0, 0.05) is 31.5 Å². The highest BCUT2D eigenvalue weighted by Crippen LogP contribution is 2.22. The molecule has 0 bridgehead atoms. The molecule has 0 aromatic carbocycles. The van der Waals surface area contributed by atoms with E-state index in [9.17, 15) is 0 Å². The zero-order valence-corrected chi connectivity index (χ0v) is 11.7. The molecule has 0 saturated carbocycles. The van der Waals surface area contributed by atoms with Crippen LogP contribution in [-0.4, -0.2) is 62.3 Å². The average molecular weight is 246 g/mol. The summed E-state index contributed by atoms with van der Waals surface area (Å²) >= 11 is 2.07. The van der Waals surface area contributed by atoms with Crippen LogP contribution in [0, 0.1) is 0 Å². The minimum atomic E-state index is 0.514. The maximum atomic E-state index is 5.33. The van der Waals surface area contributed by atoms with Crippen molar-refractivity contribution in [2.24, 2.45) is 0 Å². The predicted molar refractivity (Wildman–Crippen MR) is 72.3 cm³/mol. The van der Waals surface area contributed by atoms with E-state index in [1.807, 2.05) is 0 Å². The van der Waals surface area contributed by atoms with Gasteiger partial charge in [-0.3, -0.25) is 4.90 Å². The van der Waals surface area contributed by atoms with Gasteiger partial charge >= 0.3 is 0 Å². The zero-order valence-electron chi connectivity index (χ0n) is 10.9. The number of methoxy groups -OCH3 is 1. The lowest BCUT2D eigenvalue weighted by Gasteiger charge is -2.32. The summed E-state index contributed by atoms with van der Waals surface area (Å²) in [5, 5.41) is 3.50. The maximum Gasteiger partial charge on any atom is 0.0630 e. The van der Waals surface area contributed by atoms with E-state index < -0.39 is 0 Å². The number of hydrogen-bond acceptors (Lipinski definition) is 4. The summed E-state index contributed by atoms with van der Waals surface area (Å²) in [6.07, 6.45) is 2.53. The second-order valence-corrected chi connectivity index (χ2v) is 5.65. The van der Waals surface area contributed by atoms with Gasteiger partial charge in [-0.15, -0.1) is 0 Å². The van der Waals surface area contributed by atoms with Crippen LogP contribution in [0.3, 0.4) is 0 Å². The number of nitrogens with one attached hydrogen (secondary N) is 1. The summed E-state index contributed by atoms with van der Waals surface area (Å²) < 4.78 is 5.33. The molecule has 16 heavy (non-hydrogen) atoms. The van der Waals surface area contributed by atoms with E-state index in [2.05, 4.69) is 35.9 Å². The Kier molecular flexibility index (Phi) is 7.45. The molecule has 1 aliphatic rings. The van der Waals surface area contributed by atoms with Gasteiger partial charge in [0.05, 0.1) is 6.61 Å². The largest absolute Gasteiger partial charge is 0.383 e. The lowest BCUT2D eigenvalue weighted by molar-refractivity contribution is 0.0857. The fourth-order valence-corrected chi connectivity index (χ4v) is 3.38. The first kappa shape index (κ1) is 14.3. The van der Waals surface area contributed by atoms with E-state index in [1.54, 1.807) is 7.11 Å². The van der Waals surface area contributed by atoms with E-state index in [0.717, 1.165) is 25.7 Å². The van der Waals surface area contributed by atoms with Gasteiger partial charge in [-0.1, -0.05) is 6.92 Å². The lowest BCUT2D eigenvalue weighted by Crippen LogP contribution is -2.48. The molecule has 0 aliphatic carbocycles. The van der Waals surface area contributed by atoms with Gasteiger partial charge < -0.3 is 10.1 Å². The normalized spacial score (nSPS) is 22.9. The van der Waals surface area contributed by atoms with Crippen LogP contribution in [0.2, 0.25) is 0 Å². The van der Waals surface area contributed by atoms with Crippen molar-refractivity contribution < 1.29 is 4.74 Å². The van der Waals surface area contributed by atoms with Gasteiger partial charge in [0.15, 0.2) is 0 Å². The van der Waals surface area contributed by atoms with E-state index in [1.165, 1.54) is 24.3 Å². The van der Waals surface area contributed by atoms with Crippen molar-refractivity contribution in [1.82, 2.24) is 10.2 Å². The van der Waals surface area contributed by atoms with Crippen molar-refractivity contribution in [3.05, 3.63) is 0 Å². The molecule has 2 unspecified atom stereocenters. The fraction of sp³-hybridized carbons (Fsp3) is 1.00. The van der Waals surface area contributed by atoms with E-state index >= 15 is 0 Å². The first-order valence-corrected chi connectivity index (χ1v) is 7.44. The monoisotopic (exact) mass is 246 g/mol. The van der Waals surface area contributed by atoms with Crippen LogP contribution in [0.4, 0.5) is 0 Å². The molecular weight excluding hydrogens is 220 g/mol. The van der Waals surface area contributed by atoms with E-state index in [-0.39, 0.29) is 0 Å². The van der Waals surface area contributed by atoms with Crippen molar-refractivity contribution in [1.29, 1.82) is 0 Å². The number of nitrogens with zero attached hydrogens (tertiary/aromatic N) is 1. The second kappa shape index (κ2) is 8.34. The molecule has 0 aromatic heterocycles. The van der Waals surface area contributed by atoms with Crippen LogP contribution in [-0.2, 0) is 4.74 Å². The van der Waals surface area contributed by atoms with Crippen LogP contribution in [0.15, 0.2) is 0 Å². The third-order valence-electron chi connectivity index (χ3n) is 3.22. The van der Waals surface area contributed by atoms with Crippen molar-refractivity contribution in [2.45, 2.75) is 31.8 Å². The molecule has 4 heteroatoms. The number of thioether (sulfide) groups is 1. The topological polar surface area (TPSA) is 24.5 Å². The number of rotatable bonds is 8. The number of hydrogen-bond donors (Lipinski definition) is 1. The molecule has 1 aliphatic heterocycles. The third-order valence-corrected chi connectivity index (χ3v) is 4.37. The summed E-state index contributed by atoms with van der Waals surface area (Å²) in [7, 11) is 4.04. The van der Waals surface area contributed by atoms with E-state index in [0.29, 0.717) is 6.04 Å². The van der Waals surface area contributed by atoms with Crippen molar-refractivity contribution >= 4 is 11.8 Å². The lowest BCUT2D eigenvalue weighted by atomic mass is 10.1. The van der Waals surface area contributed by atoms with Gasteiger partial charge in [0.1, 0.15) is 0 Å². The molecule has 1 N–H and O–H groups in total. The summed E-state index contributed by atoms with van der Waals surface area (Å²) in [6, 6.07) is 1.26. The maximum absolute atomic E-state index is 5.33. The molecule has 0 radical (unpaired) electrons. The summed E-state index contributed by atoms with van der Waals surface area (Å²) in [4.78, 5) is 2.51. The Morgan fingerprint density at radius 2 is 2.38 bits per heavy atom. The Bertz CT molecular complexity index is 174. The van der Waals surface area contributed by atoms with Gasteiger partial charge in [-0.25, -0.2) is 0 Å². The number of likely N-dealkylation sites (N-methyl/N-ethyl adjacent to an activating group) is 1. The van der Waals surface area contributed by atoms with Crippen molar-refractivity contribution in [2.75, 3.05) is 45.4 Å². The highest BCUT2D eigenvalue weighted by molar-refractivity contribution is 7.99. The molecule has 0 amide bonds. The first-order chi connectivity index (χ1) is 7.79. The van der Waals surface area contributed by atoms with Crippen LogP contribution in [0.1, 0.15) is 19.8 Å². The molecule has 1 fully saturated rings. The molecular formula is C12H26N2OS. The van der Waals surface area contributed by atoms with Crippen LogP contribution < -0.4 is 5.32 Å². The van der Waals surface area contributed by atoms with Crippen molar-refractivity contribution in [3.8, 4) is 0 Å². The SMILES string of the molecule is CCCNCC(COC)N(C)C1CCSC1. The molecule has 1 saturated heterocycles. The Hall–Kier alpha value is 0.230. The van der Waals surface area contributed by atoms with Gasteiger partial charge in [0.25, 0.3) is 0 Å². The quantitative estimate of drug-likeness (QED) is 0.655. The Labute approximate surface area is 104 Å². The molecule has 0 aromatic rings. The number of ether oxygens (including phenoxy) is 1. The van der Waals surface area contributed by atoms with E-state index in [4.69, 9.17) is 4.74 Å². The Morgan fingerprint density at radius 3 is 2.94 bits per heavy atom. The smallest absolute Gasteiger partial charge is 0.0630 e. The standard InChI is InChI=1S/C12H26N2OS/c1-4-6-13-8-12(9-15-3)14(2)11-5-7-16-10-11/h11-13H,4-10H2,1-3H3. The predicted octanol–water partition coefficient (Wildman–Crippen LogP) is 1.44. The second-order valence-electron chi connectivity index (χ2n) is 4.50. The van der Waals surface area contributed by atoms with Gasteiger partial charge in [-0.2, -0.15) is 11.8 Å². The first-order valence-electron chi connectivity index (χ1n) is 6.29. The minimum absolute atomic E-state index is 0.514. The fourth-order valence-electron chi connectivity index (χ4n) is 2.10. The Balaban J connectivity index is 2.34. The highest BCUT2D eigenvalue weighted by atomic mass is 32.2.